The summed E-state index contributed by atoms with van der Waals surface area (Å²) in [7, 11) is 1.28. The number of nitro groups is 2. The average molecular weight is 515 g/mol. The zero-order valence-corrected chi connectivity index (χ0v) is 19.6. The highest BCUT2D eigenvalue weighted by Gasteiger charge is 2.64. The third-order valence-corrected chi connectivity index (χ3v) is 6.90. The van der Waals surface area contributed by atoms with Crippen molar-refractivity contribution in [2.45, 2.75) is 12.1 Å². The summed E-state index contributed by atoms with van der Waals surface area (Å²) in [4.78, 5) is 65.0. The van der Waals surface area contributed by atoms with Gasteiger partial charge in [0, 0.05) is 36.0 Å². The van der Waals surface area contributed by atoms with Crippen LogP contribution in [0.5, 0.6) is 5.75 Å². The van der Waals surface area contributed by atoms with E-state index in [-0.39, 0.29) is 33.9 Å². The Balaban J connectivity index is 1.64. The Morgan fingerprint density at radius 3 is 2.37 bits per heavy atom. The Bertz CT molecular complexity index is 1540. The average Bonchev–Trinajstić information content (AvgIpc) is 3.39. The molecule has 5 rings (SSSR count). The molecule has 0 bridgehead atoms. The third kappa shape index (κ3) is 3.58. The van der Waals surface area contributed by atoms with E-state index in [2.05, 4.69) is 0 Å². The minimum Gasteiger partial charge on any atom is -0.495 e. The predicted octanol–water partition coefficient (Wildman–Crippen LogP) is 2.53. The van der Waals surface area contributed by atoms with Gasteiger partial charge in [-0.15, -0.1) is 0 Å². The third-order valence-electron chi connectivity index (χ3n) is 6.90. The summed E-state index contributed by atoms with van der Waals surface area (Å²) in [6, 6.07) is 8.41. The second kappa shape index (κ2) is 8.93. The molecule has 13 heteroatoms. The fourth-order valence-electron chi connectivity index (χ4n) is 5.27. The Morgan fingerprint density at radius 1 is 1.03 bits per heavy atom. The number of carbonyl (C=O) groups excluding carboxylic acids is 3. The number of carbonyl (C=O) groups is 3. The van der Waals surface area contributed by atoms with Gasteiger partial charge in [-0.25, -0.2) is 4.90 Å². The van der Waals surface area contributed by atoms with Gasteiger partial charge in [-0.3, -0.25) is 34.6 Å². The maximum atomic E-state index is 13.8. The number of ketones is 1. The van der Waals surface area contributed by atoms with Crippen molar-refractivity contribution < 1.29 is 29.0 Å². The Kier molecular flexibility index (Phi) is 5.71. The first-order chi connectivity index (χ1) is 18.2. The molecule has 13 nitrogen and oxygen atoms in total. The number of nitriles is 1. The van der Waals surface area contributed by atoms with E-state index < -0.39 is 51.4 Å². The molecule has 0 radical (unpaired) electrons. The van der Waals surface area contributed by atoms with Gasteiger partial charge in [0.05, 0.1) is 46.5 Å². The van der Waals surface area contributed by atoms with Gasteiger partial charge in [0.2, 0.25) is 11.8 Å². The van der Waals surface area contributed by atoms with E-state index in [0.717, 1.165) is 17.0 Å². The monoisotopic (exact) mass is 515 g/mol. The topological polar surface area (TPSA) is 177 Å². The number of ether oxygens (including phenoxy) is 1. The van der Waals surface area contributed by atoms with Crippen LogP contribution in [0, 0.1) is 43.4 Å². The van der Waals surface area contributed by atoms with Crippen LogP contribution in [0.25, 0.3) is 0 Å². The molecule has 3 aliphatic rings. The van der Waals surface area contributed by atoms with E-state index in [1.165, 1.54) is 60.7 Å². The number of non-ortho nitro benzene ring substituents is 2. The first-order valence-electron chi connectivity index (χ1n) is 11.2. The molecule has 2 amide bonds. The van der Waals surface area contributed by atoms with Crippen LogP contribution in [-0.4, -0.2) is 51.5 Å². The van der Waals surface area contributed by atoms with Crippen LogP contribution in [0.3, 0.4) is 0 Å². The number of allylic oxidation sites excluding steroid dienone is 2. The van der Waals surface area contributed by atoms with Gasteiger partial charge < -0.3 is 9.64 Å². The number of nitro benzene ring substituents is 2. The number of hydrogen-bond acceptors (Lipinski definition) is 10. The molecule has 0 aromatic heterocycles. The molecule has 0 unspecified atom stereocenters. The fourth-order valence-corrected chi connectivity index (χ4v) is 5.27. The van der Waals surface area contributed by atoms with Crippen molar-refractivity contribution in [1.29, 1.82) is 5.26 Å². The zero-order valence-electron chi connectivity index (χ0n) is 19.6. The van der Waals surface area contributed by atoms with Gasteiger partial charge in [-0.1, -0.05) is 12.1 Å². The molecule has 0 N–H and O–H groups in total. The van der Waals surface area contributed by atoms with E-state index in [4.69, 9.17) is 4.74 Å². The van der Waals surface area contributed by atoms with E-state index in [1.54, 1.807) is 0 Å². The first kappa shape index (κ1) is 24.3. The van der Waals surface area contributed by atoms with Gasteiger partial charge in [0.15, 0.2) is 5.78 Å². The van der Waals surface area contributed by atoms with Crippen LogP contribution < -0.4 is 9.64 Å². The molecule has 3 heterocycles. The number of fused-ring (bicyclic) bond motifs is 3. The summed E-state index contributed by atoms with van der Waals surface area (Å²) >= 11 is 0. The molecule has 4 atom stereocenters. The molecule has 38 heavy (non-hydrogen) atoms. The van der Waals surface area contributed by atoms with Crippen molar-refractivity contribution in [3.05, 3.63) is 92.2 Å². The van der Waals surface area contributed by atoms with Crippen LogP contribution in [0.1, 0.15) is 10.4 Å². The van der Waals surface area contributed by atoms with Crippen molar-refractivity contribution >= 4 is 34.7 Å². The highest BCUT2D eigenvalue weighted by Crippen LogP contribution is 2.48. The molecular weight excluding hydrogens is 498 g/mol. The number of benzene rings is 2. The molecule has 0 spiro atoms. The van der Waals surface area contributed by atoms with E-state index in [1.807, 2.05) is 6.07 Å². The number of hydrogen-bond donors (Lipinski definition) is 0. The largest absolute Gasteiger partial charge is 0.495 e. The minimum atomic E-state index is -1.23. The minimum absolute atomic E-state index is 0.0290. The summed E-state index contributed by atoms with van der Waals surface area (Å²) in [5.41, 5.74) is -0.648. The number of Topliss-reactive ketones (excluding diaryl/α,β-unsaturated/α-hetero) is 1. The summed E-state index contributed by atoms with van der Waals surface area (Å²) in [5, 5.41) is 32.1. The molecule has 0 aliphatic carbocycles. The Hall–Kier alpha value is -5.38. The molecule has 2 saturated heterocycles. The number of nitrogens with zero attached hydrogens (tertiary/aromatic N) is 5. The van der Waals surface area contributed by atoms with Crippen molar-refractivity contribution in [3.8, 4) is 11.8 Å². The molecule has 3 aliphatic heterocycles. The Morgan fingerprint density at radius 2 is 1.71 bits per heavy atom. The summed E-state index contributed by atoms with van der Waals surface area (Å²) in [5.74, 6) is -4.43. The van der Waals surface area contributed by atoms with Gasteiger partial charge in [0.1, 0.15) is 17.5 Å². The summed E-state index contributed by atoms with van der Waals surface area (Å²) < 4.78 is 5.26. The zero-order chi connectivity index (χ0) is 27.3. The normalized spacial score (nSPS) is 23.4. The van der Waals surface area contributed by atoms with Crippen molar-refractivity contribution in [1.82, 2.24) is 4.90 Å². The molecule has 2 aromatic rings. The van der Waals surface area contributed by atoms with Crippen molar-refractivity contribution in [2.75, 3.05) is 12.0 Å². The quantitative estimate of drug-likeness (QED) is 0.240. The molecule has 190 valence electrons. The molecular formula is C25H17N5O8. The lowest BCUT2D eigenvalue weighted by molar-refractivity contribution is -0.385. The highest BCUT2D eigenvalue weighted by molar-refractivity contribution is 6.25. The molecule has 2 aromatic carbocycles. The summed E-state index contributed by atoms with van der Waals surface area (Å²) in [6.07, 6.45) is 4.39. The predicted molar refractivity (Wildman–Crippen MR) is 129 cm³/mol. The van der Waals surface area contributed by atoms with Crippen LogP contribution in [0.4, 0.5) is 17.1 Å². The van der Waals surface area contributed by atoms with Gasteiger partial charge in [-0.05, 0) is 18.2 Å². The first-order valence-corrected chi connectivity index (χ1v) is 11.2. The second-order valence-corrected chi connectivity index (χ2v) is 8.78. The van der Waals surface area contributed by atoms with Crippen molar-refractivity contribution in [2.24, 2.45) is 11.8 Å². The maximum absolute atomic E-state index is 13.8. The van der Waals surface area contributed by atoms with E-state index in [9.17, 15) is 39.9 Å². The molecule has 2 fully saturated rings. The second-order valence-electron chi connectivity index (χ2n) is 8.78. The van der Waals surface area contributed by atoms with Gasteiger partial charge in [0.25, 0.3) is 11.4 Å². The lowest BCUT2D eigenvalue weighted by atomic mass is 9.86. The fraction of sp³-hybridized carbons (Fsp3) is 0.200. The number of rotatable bonds is 6. The standard InChI is InChI=1S/C25H17N5O8/c1-38-19-6-5-16(30(36)37)11-17(19)28-24(32)20-18-9-13(12-26)7-8-27(18)22(21(20)25(28)33)23(31)14-3-2-4-15(10-14)29(34)35/h2-11,18,20-22H,1H3/t18-,20-,21+,22-/m0/s1. The van der Waals surface area contributed by atoms with Crippen molar-refractivity contribution in [3.63, 3.8) is 0 Å². The highest BCUT2D eigenvalue weighted by atomic mass is 16.6. The van der Waals surface area contributed by atoms with Crippen LogP contribution in [-0.2, 0) is 9.59 Å². The van der Waals surface area contributed by atoms with E-state index in [0.29, 0.717) is 0 Å². The lowest BCUT2D eigenvalue weighted by Crippen LogP contribution is -2.46. The van der Waals surface area contributed by atoms with Gasteiger partial charge in [-0.2, -0.15) is 5.26 Å². The molecule has 0 saturated carbocycles. The number of methoxy groups -OCH3 is 1. The number of anilines is 1. The smallest absolute Gasteiger partial charge is 0.271 e. The number of amides is 2. The number of imide groups is 1. The summed E-state index contributed by atoms with van der Waals surface area (Å²) in [6.45, 7) is 0. The van der Waals surface area contributed by atoms with Gasteiger partial charge >= 0.3 is 0 Å². The van der Waals surface area contributed by atoms with Crippen LogP contribution in [0.2, 0.25) is 0 Å². The maximum Gasteiger partial charge on any atom is 0.271 e. The SMILES string of the molecule is COc1ccc([N+](=O)[O-])cc1N1C(=O)[C@@H]2[C@@H](C1=O)[C@@H]1C=C(C#N)C=CN1[C@@H]2C(=O)c1cccc([N+](=O)[O-])c1. The van der Waals surface area contributed by atoms with Crippen LogP contribution in [0.15, 0.2) is 66.4 Å². The lowest BCUT2D eigenvalue weighted by Gasteiger charge is -2.32. The Labute approximate surface area is 214 Å². The van der Waals surface area contributed by atoms with E-state index >= 15 is 0 Å². The van der Waals surface area contributed by atoms with Crippen LogP contribution >= 0.6 is 0 Å².